The molecular weight excluding hydrogens is 368 g/mol. The zero-order chi connectivity index (χ0) is 20.7. The molecule has 3 aromatic carbocycles. The molecule has 30 heavy (non-hydrogen) atoms. The van der Waals surface area contributed by atoms with Crippen molar-refractivity contribution in [1.82, 2.24) is 0 Å². The molecule has 1 aliphatic heterocycles. The molecular formula is C27H26N2O. The molecule has 0 aromatic heterocycles. The van der Waals surface area contributed by atoms with Crippen molar-refractivity contribution < 1.29 is 4.79 Å². The van der Waals surface area contributed by atoms with Gasteiger partial charge in [0.25, 0.3) is 0 Å². The maximum absolute atomic E-state index is 13.5. The Morgan fingerprint density at radius 1 is 0.767 bits per heavy atom. The molecule has 3 nitrogen and oxygen atoms in total. The van der Waals surface area contributed by atoms with Crippen molar-refractivity contribution in [1.29, 1.82) is 0 Å². The van der Waals surface area contributed by atoms with E-state index in [9.17, 15) is 4.79 Å². The molecule has 2 aliphatic rings. The highest BCUT2D eigenvalue weighted by molar-refractivity contribution is 6.01. The molecule has 3 aromatic rings. The average Bonchev–Trinajstić information content (AvgIpc) is 2.91. The third-order valence-electron chi connectivity index (χ3n) is 6.23. The minimum absolute atomic E-state index is 0.150. The number of allylic oxidation sites excluding steroid dienone is 1. The fraction of sp³-hybridized carbons (Fsp3) is 0.222. The monoisotopic (exact) mass is 394 g/mol. The Kier molecular flexibility index (Phi) is 4.66. The smallest absolute Gasteiger partial charge is 0.163 e. The molecule has 0 unspecified atom stereocenters. The highest BCUT2D eigenvalue weighted by Crippen LogP contribution is 2.44. The van der Waals surface area contributed by atoms with E-state index in [1.54, 1.807) is 0 Å². The van der Waals surface area contributed by atoms with E-state index in [1.807, 2.05) is 12.1 Å². The molecule has 1 aliphatic carbocycles. The van der Waals surface area contributed by atoms with Crippen LogP contribution in [0.3, 0.4) is 0 Å². The van der Waals surface area contributed by atoms with Gasteiger partial charge in [0, 0.05) is 17.7 Å². The van der Waals surface area contributed by atoms with Crippen LogP contribution in [-0.2, 0) is 4.79 Å². The summed E-state index contributed by atoms with van der Waals surface area (Å²) in [5.41, 5.74) is 8.77. The maximum Gasteiger partial charge on any atom is 0.163 e. The van der Waals surface area contributed by atoms with Gasteiger partial charge in [-0.2, -0.15) is 0 Å². The molecule has 0 saturated heterocycles. The first-order valence-corrected chi connectivity index (χ1v) is 10.6. The van der Waals surface area contributed by atoms with Crippen LogP contribution in [0.5, 0.6) is 0 Å². The zero-order valence-electron chi connectivity index (χ0n) is 17.4. The number of para-hydroxylation sites is 2. The first-order chi connectivity index (χ1) is 14.6. The van der Waals surface area contributed by atoms with Crippen LogP contribution in [0.25, 0.3) is 0 Å². The number of fused-ring (bicyclic) bond motifs is 1. The normalized spacial score (nSPS) is 20.5. The predicted molar refractivity (Wildman–Crippen MR) is 123 cm³/mol. The van der Waals surface area contributed by atoms with E-state index in [1.165, 1.54) is 16.7 Å². The van der Waals surface area contributed by atoms with E-state index in [-0.39, 0.29) is 17.7 Å². The lowest BCUT2D eigenvalue weighted by Gasteiger charge is -2.30. The highest BCUT2D eigenvalue weighted by Gasteiger charge is 2.35. The Balaban J connectivity index is 1.61. The van der Waals surface area contributed by atoms with Crippen LogP contribution >= 0.6 is 0 Å². The molecule has 0 fully saturated rings. The van der Waals surface area contributed by atoms with Gasteiger partial charge in [0.05, 0.1) is 17.4 Å². The second-order valence-electron chi connectivity index (χ2n) is 8.49. The predicted octanol–water partition coefficient (Wildman–Crippen LogP) is 6.28. The lowest BCUT2D eigenvalue weighted by Crippen LogP contribution is -2.26. The van der Waals surface area contributed by atoms with E-state index in [0.717, 1.165) is 34.6 Å². The van der Waals surface area contributed by atoms with Crippen LogP contribution in [0.15, 0.2) is 84.1 Å². The number of nitrogens with one attached hydrogen (secondary N) is 2. The van der Waals surface area contributed by atoms with Crippen molar-refractivity contribution in [2.75, 3.05) is 10.6 Å². The number of aryl methyl sites for hydroxylation is 2. The van der Waals surface area contributed by atoms with Crippen LogP contribution in [0.2, 0.25) is 0 Å². The summed E-state index contributed by atoms with van der Waals surface area (Å²) in [7, 11) is 0. The summed E-state index contributed by atoms with van der Waals surface area (Å²) in [4.78, 5) is 13.5. The van der Waals surface area contributed by atoms with E-state index >= 15 is 0 Å². The van der Waals surface area contributed by atoms with Crippen molar-refractivity contribution in [3.63, 3.8) is 0 Å². The number of carbonyl (C=O) groups excluding carboxylic acids is 1. The molecule has 0 spiro atoms. The van der Waals surface area contributed by atoms with E-state index in [4.69, 9.17) is 0 Å². The number of hydrogen-bond acceptors (Lipinski definition) is 3. The number of carbonyl (C=O) groups is 1. The molecule has 0 saturated carbocycles. The Morgan fingerprint density at radius 3 is 2.30 bits per heavy atom. The fourth-order valence-corrected chi connectivity index (χ4v) is 4.67. The topological polar surface area (TPSA) is 41.1 Å². The Hall–Kier alpha value is -3.33. The summed E-state index contributed by atoms with van der Waals surface area (Å²) in [6.07, 6.45) is 1.38. The number of benzene rings is 3. The molecule has 2 N–H and O–H groups in total. The van der Waals surface area contributed by atoms with Gasteiger partial charge < -0.3 is 10.6 Å². The lowest BCUT2D eigenvalue weighted by atomic mass is 9.78. The molecule has 5 rings (SSSR count). The van der Waals surface area contributed by atoms with Crippen LogP contribution in [0, 0.1) is 13.8 Å². The van der Waals surface area contributed by atoms with E-state index in [2.05, 4.69) is 85.1 Å². The Morgan fingerprint density at radius 2 is 1.53 bits per heavy atom. The number of Topliss-reactive ketones (excluding diaryl/α,β-unsaturated/α-hetero) is 1. The van der Waals surface area contributed by atoms with Gasteiger partial charge in [0.15, 0.2) is 5.78 Å². The van der Waals surface area contributed by atoms with Crippen LogP contribution in [0.1, 0.15) is 47.1 Å². The minimum atomic E-state index is -0.150. The molecule has 0 bridgehead atoms. The summed E-state index contributed by atoms with van der Waals surface area (Å²) in [5.74, 6) is 0.425. The minimum Gasteiger partial charge on any atom is -0.372 e. The van der Waals surface area contributed by atoms with Gasteiger partial charge in [-0.1, -0.05) is 71.8 Å². The summed E-state index contributed by atoms with van der Waals surface area (Å²) >= 11 is 0. The third-order valence-corrected chi connectivity index (χ3v) is 6.23. The Bertz CT molecular complexity index is 1140. The Labute approximate surface area is 177 Å². The van der Waals surface area contributed by atoms with Gasteiger partial charge in [0.2, 0.25) is 0 Å². The van der Waals surface area contributed by atoms with Gasteiger partial charge >= 0.3 is 0 Å². The molecule has 0 amide bonds. The SMILES string of the molecule is Cc1ccc([C@@H]2CC(=O)C3=C(C2)Nc2ccccc2N[C@@H]3c2cccc(C)c2)cc1. The highest BCUT2D eigenvalue weighted by atomic mass is 16.1. The second-order valence-corrected chi connectivity index (χ2v) is 8.49. The summed E-state index contributed by atoms with van der Waals surface area (Å²) in [6, 6.07) is 25.1. The number of rotatable bonds is 2. The van der Waals surface area contributed by atoms with E-state index in [0.29, 0.717) is 6.42 Å². The lowest BCUT2D eigenvalue weighted by molar-refractivity contribution is -0.116. The van der Waals surface area contributed by atoms with Crippen molar-refractivity contribution in [2.45, 2.75) is 38.6 Å². The fourth-order valence-electron chi connectivity index (χ4n) is 4.67. The van der Waals surface area contributed by atoms with Crippen LogP contribution < -0.4 is 10.6 Å². The third kappa shape index (κ3) is 3.41. The average molecular weight is 395 g/mol. The van der Waals surface area contributed by atoms with Crippen LogP contribution in [0.4, 0.5) is 11.4 Å². The maximum atomic E-state index is 13.5. The van der Waals surface area contributed by atoms with Gasteiger partial charge in [-0.3, -0.25) is 4.79 Å². The first kappa shape index (κ1) is 18.7. The molecule has 150 valence electrons. The van der Waals surface area contributed by atoms with Gasteiger partial charge in [0.1, 0.15) is 0 Å². The number of anilines is 2. The first-order valence-electron chi connectivity index (χ1n) is 10.6. The summed E-state index contributed by atoms with van der Waals surface area (Å²) in [6.45, 7) is 4.19. The van der Waals surface area contributed by atoms with Crippen molar-refractivity contribution >= 4 is 17.2 Å². The van der Waals surface area contributed by atoms with Gasteiger partial charge in [-0.05, 0) is 49.4 Å². The summed E-state index contributed by atoms with van der Waals surface area (Å²) in [5, 5.41) is 7.27. The van der Waals surface area contributed by atoms with Gasteiger partial charge in [-0.15, -0.1) is 0 Å². The quantitative estimate of drug-likeness (QED) is 0.537. The standard InChI is InChI=1S/C27H26N2O/c1-17-10-12-19(13-11-17)21-15-24-26(25(30)16-21)27(20-7-5-6-18(2)14-20)29-23-9-4-3-8-22(23)28-24/h3-14,21,27-29H,15-16H2,1-2H3/t21-,27+/m0/s1. The largest absolute Gasteiger partial charge is 0.372 e. The molecule has 3 heteroatoms. The molecule has 0 radical (unpaired) electrons. The molecule has 2 atom stereocenters. The number of ketones is 1. The van der Waals surface area contributed by atoms with Crippen LogP contribution in [-0.4, -0.2) is 5.78 Å². The van der Waals surface area contributed by atoms with Crippen molar-refractivity contribution in [2.24, 2.45) is 0 Å². The number of hydrogen-bond donors (Lipinski definition) is 2. The van der Waals surface area contributed by atoms with Gasteiger partial charge in [-0.25, -0.2) is 0 Å². The van der Waals surface area contributed by atoms with Crippen molar-refractivity contribution in [3.8, 4) is 0 Å². The zero-order valence-corrected chi connectivity index (χ0v) is 17.4. The summed E-state index contributed by atoms with van der Waals surface area (Å²) < 4.78 is 0. The van der Waals surface area contributed by atoms with Crippen molar-refractivity contribution in [3.05, 3.63) is 106 Å². The molecule has 1 heterocycles. The second kappa shape index (κ2) is 7.49. The van der Waals surface area contributed by atoms with E-state index < -0.39 is 0 Å².